The van der Waals surface area contributed by atoms with Crippen LogP contribution in [0.2, 0.25) is 0 Å². The Hall–Kier alpha value is -3.39. The summed E-state index contributed by atoms with van der Waals surface area (Å²) in [7, 11) is 3.18. The van der Waals surface area contributed by atoms with Gasteiger partial charge in [0.2, 0.25) is 0 Å². The van der Waals surface area contributed by atoms with Gasteiger partial charge in [-0.2, -0.15) is 0 Å². The molecule has 0 aliphatic heterocycles. The maximum Gasteiger partial charge on any atom is 0.349 e. The van der Waals surface area contributed by atoms with Crippen LogP contribution >= 0.6 is 0 Å². The van der Waals surface area contributed by atoms with Crippen LogP contribution in [0.4, 0.5) is 0 Å². The van der Waals surface area contributed by atoms with Crippen molar-refractivity contribution in [1.82, 2.24) is 0 Å². The first-order valence-corrected chi connectivity index (χ1v) is 9.37. The number of carbonyl (C=O) groups is 1. The fourth-order valence-electron chi connectivity index (χ4n) is 2.57. The lowest BCUT2D eigenvalue weighted by Gasteiger charge is -2.14. The molecule has 0 radical (unpaired) electrons. The summed E-state index contributed by atoms with van der Waals surface area (Å²) in [6, 6.07) is 12.8. The minimum Gasteiger partial charge on any atom is -0.496 e. The molecule has 0 atom stereocenters. The smallest absolute Gasteiger partial charge is 0.349 e. The van der Waals surface area contributed by atoms with Gasteiger partial charge in [-0.15, -0.1) is 0 Å². The number of ether oxygens (including phenoxy) is 4. The first kappa shape index (κ1) is 21.9. The standard InChI is InChI=1S/C24H26O5/c1-6-28-24(25)19(16-29-20-10-8-7-9-11-20)13-12-18-14-21(17(2)3)23(27-5)15-22(18)26-4/h7-11,14-17H,6H2,1-5H3/b19-16+. The molecule has 0 bridgehead atoms. The highest BCUT2D eigenvalue weighted by Gasteiger charge is 2.14. The number of hydrogen-bond donors (Lipinski definition) is 0. The third-order valence-corrected chi connectivity index (χ3v) is 4.06. The molecular formula is C24H26O5. The molecule has 0 amide bonds. The van der Waals surface area contributed by atoms with E-state index in [2.05, 4.69) is 25.7 Å². The molecule has 152 valence electrons. The number of hydrogen-bond acceptors (Lipinski definition) is 5. The molecule has 0 aromatic heterocycles. The quantitative estimate of drug-likeness (QED) is 0.295. The second-order valence-corrected chi connectivity index (χ2v) is 6.38. The van der Waals surface area contributed by atoms with Gasteiger partial charge < -0.3 is 18.9 Å². The molecule has 5 heteroatoms. The summed E-state index contributed by atoms with van der Waals surface area (Å²) in [4.78, 5) is 12.3. The van der Waals surface area contributed by atoms with Crippen molar-refractivity contribution in [3.63, 3.8) is 0 Å². The van der Waals surface area contributed by atoms with Gasteiger partial charge in [-0.25, -0.2) is 4.79 Å². The van der Waals surface area contributed by atoms with Crippen LogP contribution < -0.4 is 14.2 Å². The van der Waals surface area contributed by atoms with E-state index in [9.17, 15) is 4.79 Å². The Labute approximate surface area is 172 Å². The Morgan fingerprint density at radius 2 is 1.76 bits per heavy atom. The first-order chi connectivity index (χ1) is 14.0. The van der Waals surface area contributed by atoms with Crippen molar-refractivity contribution in [3.8, 4) is 29.1 Å². The molecule has 2 aromatic carbocycles. The molecular weight excluding hydrogens is 368 g/mol. The van der Waals surface area contributed by atoms with Gasteiger partial charge in [0, 0.05) is 6.07 Å². The monoisotopic (exact) mass is 394 g/mol. The van der Waals surface area contributed by atoms with Crippen molar-refractivity contribution >= 4 is 5.97 Å². The van der Waals surface area contributed by atoms with Crippen LogP contribution in [0.15, 0.2) is 54.3 Å². The van der Waals surface area contributed by atoms with Gasteiger partial charge in [-0.1, -0.05) is 43.9 Å². The van der Waals surface area contributed by atoms with Crippen LogP contribution in [-0.4, -0.2) is 26.8 Å². The Kier molecular flexibility index (Phi) is 8.17. The van der Waals surface area contributed by atoms with Crippen LogP contribution in [0.1, 0.15) is 37.8 Å². The molecule has 2 aromatic rings. The average molecular weight is 394 g/mol. The van der Waals surface area contributed by atoms with Gasteiger partial charge in [0.15, 0.2) is 0 Å². The van der Waals surface area contributed by atoms with Gasteiger partial charge in [-0.3, -0.25) is 0 Å². The predicted octanol–water partition coefficient (Wildman–Crippen LogP) is 4.70. The van der Waals surface area contributed by atoms with E-state index in [0.717, 1.165) is 11.3 Å². The normalized spacial score (nSPS) is 10.8. The zero-order valence-electron chi connectivity index (χ0n) is 17.4. The van der Waals surface area contributed by atoms with E-state index in [0.29, 0.717) is 17.1 Å². The second kappa shape index (κ2) is 10.8. The van der Waals surface area contributed by atoms with Crippen LogP contribution in [0.25, 0.3) is 0 Å². The molecule has 2 rings (SSSR count). The fourth-order valence-corrected chi connectivity index (χ4v) is 2.57. The van der Waals surface area contributed by atoms with Crippen molar-refractivity contribution in [2.24, 2.45) is 0 Å². The molecule has 0 spiro atoms. The number of rotatable bonds is 7. The van der Waals surface area contributed by atoms with E-state index in [1.807, 2.05) is 24.3 Å². The number of methoxy groups -OCH3 is 2. The van der Waals surface area contributed by atoms with Crippen LogP contribution in [-0.2, 0) is 9.53 Å². The van der Waals surface area contributed by atoms with Crippen LogP contribution in [0, 0.1) is 11.8 Å². The largest absolute Gasteiger partial charge is 0.496 e. The molecule has 0 N–H and O–H groups in total. The Morgan fingerprint density at radius 3 is 2.34 bits per heavy atom. The van der Waals surface area contributed by atoms with Crippen molar-refractivity contribution in [2.75, 3.05) is 20.8 Å². The van der Waals surface area contributed by atoms with Crippen LogP contribution in [0.5, 0.6) is 17.2 Å². The van der Waals surface area contributed by atoms with Gasteiger partial charge >= 0.3 is 5.97 Å². The summed E-state index contributed by atoms with van der Waals surface area (Å²) in [5, 5.41) is 0. The number of benzene rings is 2. The van der Waals surface area contributed by atoms with Crippen molar-refractivity contribution in [2.45, 2.75) is 26.7 Å². The van der Waals surface area contributed by atoms with Crippen molar-refractivity contribution in [3.05, 3.63) is 65.4 Å². The summed E-state index contributed by atoms with van der Waals surface area (Å²) in [6.45, 7) is 6.12. The SMILES string of the molecule is CCOC(=O)/C(C#Cc1cc(C(C)C)c(OC)cc1OC)=C/Oc1ccccc1. The topological polar surface area (TPSA) is 54.0 Å². The van der Waals surface area contributed by atoms with E-state index < -0.39 is 5.97 Å². The highest BCUT2D eigenvalue weighted by molar-refractivity contribution is 5.93. The second-order valence-electron chi connectivity index (χ2n) is 6.38. The summed E-state index contributed by atoms with van der Waals surface area (Å²) in [5.41, 5.74) is 1.76. The van der Waals surface area contributed by atoms with Gasteiger partial charge in [0.1, 0.15) is 29.1 Å². The minimum atomic E-state index is -0.549. The molecule has 0 unspecified atom stereocenters. The average Bonchev–Trinajstić information content (AvgIpc) is 2.73. The predicted molar refractivity (Wildman–Crippen MR) is 112 cm³/mol. The molecule has 0 aliphatic carbocycles. The minimum absolute atomic E-state index is 0.111. The van der Waals surface area contributed by atoms with Gasteiger partial charge in [-0.05, 0) is 36.6 Å². The van der Waals surface area contributed by atoms with Gasteiger partial charge in [0.25, 0.3) is 0 Å². The Bertz CT molecular complexity index is 918. The lowest BCUT2D eigenvalue weighted by Crippen LogP contribution is -2.07. The molecule has 5 nitrogen and oxygen atoms in total. The number of carbonyl (C=O) groups excluding carboxylic acids is 1. The fraction of sp³-hybridized carbons (Fsp3) is 0.292. The highest BCUT2D eigenvalue weighted by atomic mass is 16.5. The van der Waals surface area contributed by atoms with E-state index in [1.54, 1.807) is 39.3 Å². The molecule has 0 saturated heterocycles. The lowest BCUT2D eigenvalue weighted by atomic mass is 9.98. The lowest BCUT2D eigenvalue weighted by molar-refractivity contribution is -0.138. The van der Waals surface area contributed by atoms with E-state index >= 15 is 0 Å². The third kappa shape index (κ3) is 6.05. The summed E-state index contributed by atoms with van der Waals surface area (Å²) in [5.74, 6) is 7.44. The molecule has 0 heterocycles. The van der Waals surface area contributed by atoms with E-state index in [4.69, 9.17) is 18.9 Å². The zero-order valence-corrected chi connectivity index (χ0v) is 17.4. The van der Waals surface area contributed by atoms with E-state index in [-0.39, 0.29) is 18.1 Å². The van der Waals surface area contributed by atoms with Gasteiger partial charge in [0.05, 0.1) is 26.4 Å². The zero-order chi connectivity index (χ0) is 21.2. The molecule has 0 saturated carbocycles. The van der Waals surface area contributed by atoms with Crippen LogP contribution in [0.3, 0.4) is 0 Å². The Morgan fingerprint density at radius 1 is 1.07 bits per heavy atom. The highest BCUT2D eigenvalue weighted by Crippen LogP contribution is 2.33. The number of para-hydroxylation sites is 1. The summed E-state index contributed by atoms with van der Waals surface area (Å²) >= 11 is 0. The third-order valence-electron chi connectivity index (χ3n) is 4.06. The molecule has 0 aliphatic rings. The summed E-state index contributed by atoms with van der Waals surface area (Å²) in [6.07, 6.45) is 1.31. The molecule has 0 fully saturated rings. The van der Waals surface area contributed by atoms with Crippen molar-refractivity contribution < 1.29 is 23.7 Å². The maximum absolute atomic E-state index is 12.3. The number of esters is 1. The summed E-state index contributed by atoms with van der Waals surface area (Å²) < 4.78 is 21.6. The molecule has 29 heavy (non-hydrogen) atoms. The van der Waals surface area contributed by atoms with E-state index in [1.165, 1.54) is 6.26 Å². The first-order valence-electron chi connectivity index (χ1n) is 9.37. The Balaban J connectivity index is 2.43. The maximum atomic E-state index is 12.3. The van der Waals surface area contributed by atoms with Crippen molar-refractivity contribution in [1.29, 1.82) is 0 Å².